The van der Waals surface area contributed by atoms with Crippen LogP contribution < -0.4 is 5.32 Å². The van der Waals surface area contributed by atoms with Crippen LogP contribution in [-0.2, 0) is 0 Å². The average Bonchev–Trinajstić information content (AvgIpc) is 2.68. The summed E-state index contributed by atoms with van der Waals surface area (Å²) in [6.45, 7) is 5.60. The SMILES string of the molecule is CC(C)c1ccc(C(=O)N2CCC(NC(=O)c3ccccc3Br)CC2)cc1. The lowest BCUT2D eigenvalue weighted by Gasteiger charge is -2.32. The molecule has 0 aromatic heterocycles. The van der Waals surface area contributed by atoms with Crippen LogP contribution in [0, 0.1) is 0 Å². The van der Waals surface area contributed by atoms with Crippen LogP contribution in [0.5, 0.6) is 0 Å². The maximum absolute atomic E-state index is 12.7. The van der Waals surface area contributed by atoms with Crippen molar-refractivity contribution < 1.29 is 9.59 Å². The summed E-state index contributed by atoms with van der Waals surface area (Å²) < 4.78 is 0.792. The maximum Gasteiger partial charge on any atom is 0.253 e. The first-order chi connectivity index (χ1) is 13.0. The van der Waals surface area contributed by atoms with E-state index in [1.807, 2.05) is 47.4 Å². The molecule has 1 N–H and O–H groups in total. The Morgan fingerprint density at radius 3 is 2.26 bits per heavy atom. The molecule has 2 amide bonds. The fourth-order valence-electron chi connectivity index (χ4n) is 3.33. The first kappa shape index (κ1) is 19.6. The molecule has 0 aliphatic carbocycles. The second-order valence-electron chi connectivity index (χ2n) is 7.30. The van der Waals surface area contributed by atoms with Crippen LogP contribution >= 0.6 is 15.9 Å². The van der Waals surface area contributed by atoms with Crippen molar-refractivity contribution in [3.05, 3.63) is 69.7 Å². The summed E-state index contributed by atoms with van der Waals surface area (Å²) in [5.74, 6) is 0.454. The van der Waals surface area contributed by atoms with Crippen LogP contribution in [0.4, 0.5) is 0 Å². The minimum absolute atomic E-state index is 0.0703. The van der Waals surface area contributed by atoms with Crippen LogP contribution in [-0.4, -0.2) is 35.8 Å². The van der Waals surface area contributed by atoms with E-state index in [4.69, 9.17) is 0 Å². The van der Waals surface area contributed by atoms with E-state index in [-0.39, 0.29) is 17.9 Å². The fourth-order valence-corrected chi connectivity index (χ4v) is 3.79. The molecule has 0 saturated carbocycles. The van der Waals surface area contributed by atoms with Gasteiger partial charge in [0.1, 0.15) is 0 Å². The number of hydrogen-bond donors (Lipinski definition) is 1. The molecule has 3 rings (SSSR count). The minimum Gasteiger partial charge on any atom is -0.349 e. The summed E-state index contributed by atoms with van der Waals surface area (Å²) in [4.78, 5) is 27.0. The van der Waals surface area contributed by atoms with Gasteiger partial charge in [-0.3, -0.25) is 9.59 Å². The molecule has 0 bridgehead atoms. The van der Waals surface area contributed by atoms with Crippen LogP contribution in [0.15, 0.2) is 53.0 Å². The molecule has 4 nitrogen and oxygen atoms in total. The molecule has 2 aromatic rings. The highest BCUT2D eigenvalue weighted by atomic mass is 79.9. The molecule has 1 aliphatic heterocycles. The average molecular weight is 429 g/mol. The lowest BCUT2D eigenvalue weighted by Crippen LogP contribution is -2.46. The van der Waals surface area contributed by atoms with Crippen molar-refractivity contribution in [1.82, 2.24) is 10.2 Å². The summed E-state index contributed by atoms with van der Waals surface area (Å²) in [5, 5.41) is 3.09. The van der Waals surface area contributed by atoms with E-state index in [0.29, 0.717) is 24.6 Å². The quantitative estimate of drug-likeness (QED) is 0.772. The number of likely N-dealkylation sites (tertiary alicyclic amines) is 1. The van der Waals surface area contributed by atoms with Crippen LogP contribution in [0.2, 0.25) is 0 Å². The number of rotatable bonds is 4. The number of piperidine rings is 1. The molecule has 0 atom stereocenters. The zero-order chi connectivity index (χ0) is 19.4. The van der Waals surface area contributed by atoms with Crippen molar-refractivity contribution in [3.63, 3.8) is 0 Å². The molecule has 1 saturated heterocycles. The highest BCUT2D eigenvalue weighted by molar-refractivity contribution is 9.10. The third kappa shape index (κ3) is 4.78. The fraction of sp³-hybridized carbons (Fsp3) is 0.364. The van der Waals surface area contributed by atoms with Crippen LogP contribution in [0.3, 0.4) is 0 Å². The van der Waals surface area contributed by atoms with E-state index in [2.05, 4.69) is 35.1 Å². The third-order valence-electron chi connectivity index (χ3n) is 5.06. The van der Waals surface area contributed by atoms with Crippen LogP contribution in [0.1, 0.15) is 58.9 Å². The number of carbonyl (C=O) groups is 2. The van der Waals surface area contributed by atoms with Gasteiger partial charge in [0, 0.05) is 29.2 Å². The molecule has 2 aromatic carbocycles. The molecule has 1 aliphatic rings. The summed E-state index contributed by atoms with van der Waals surface area (Å²) in [5.41, 5.74) is 2.61. The first-order valence-corrected chi connectivity index (χ1v) is 10.2. The Bertz CT molecular complexity index is 809. The van der Waals surface area contributed by atoms with E-state index in [1.165, 1.54) is 5.56 Å². The highest BCUT2D eigenvalue weighted by Crippen LogP contribution is 2.19. The van der Waals surface area contributed by atoms with E-state index in [9.17, 15) is 9.59 Å². The molecule has 0 radical (unpaired) electrons. The highest BCUT2D eigenvalue weighted by Gasteiger charge is 2.25. The molecular weight excluding hydrogens is 404 g/mol. The second kappa shape index (κ2) is 8.70. The lowest BCUT2D eigenvalue weighted by atomic mass is 10.00. The van der Waals surface area contributed by atoms with Gasteiger partial charge in [-0.2, -0.15) is 0 Å². The number of nitrogens with one attached hydrogen (secondary N) is 1. The Balaban J connectivity index is 1.54. The van der Waals surface area contributed by atoms with E-state index in [0.717, 1.165) is 22.9 Å². The Morgan fingerprint density at radius 1 is 1.04 bits per heavy atom. The van der Waals surface area contributed by atoms with Gasteiger partial charge < -0.3 is 10.2 Å². The van der Waals surface area contributed by atoms with E-state index < -0.39 is 0 Å². The summed E-state index contributed by atoms with van der Waals surface area (Å²) >= 11 is 3.42. The van der Waals surface area contributed by atoms with Crippen molar-refractivity contribution in [3.8, 4) is 0 Å². The molecular formula is C22H25BrN2O2. The number of hydrogen-bond acceptors (Lipinski definition) is 2. The number of halogens is 1. The standard InChI is InChI=1S/C22H25BrN2O2/c1-15(2)16-7-9-17(10-8-16)22(27)25-13-11-18(12-14-25)24-21(26)19-5-3-4-6-20(19)23/h3-10,15,18H,11-14H2,1-2H3,(H,24,26). The Kier molecular flexibility index (Phi) is 6.32. The smallest absolute Gasteiger partial charge is 0.253 e. The predicted molar refractivity (Wildman–Crippen MR) is 111 cm³/mol. The monoisotopic (exact) mass is 428 g/mol. The Hall–Kier alpha value is -2.14. The third-order valence-corrected chi connectivity index (χ3v) is 5.75. The zero-order valence-corrected chi connectivity index (χ0v) is 17.3. The van der Waals surface area contributed by atoms with Gasteiger partial charge in [0.15, 0.2) is 0 Å². The van der Waals surface area contributed by atoms with Gasteiger partial charge in [-0.25, -0.2) is 0 Å². The Morgan fingerprint density at radius 2 is 1.67 bits per heavy atom. The molecule has 0 spiro atoms. The molecule has 1 fully saturated rings. The summed E-state index contributed by atoms with van der Waals surface area (Å²) in [6, 6.07) is 15.4. The Labute approximate surface area is 169 Å². The zero-order valence-electron chi connectivity index (χ0n) is 15.7. The van der Waals surface area contributed by atoms with Gasteiger partial charge in [-0.1, -0.05) is 38.1 Å². The van der Waals surface area contributed by atoms with Crippen molar-refractivity contribution >= 4 is 27.7 Å². The maximum atomic E-state index is 12.7. The molecule has 27 heavy (non-hydrogen) atoms. The van der Waals surface area contributed by atoms with Gasteiger partial charge in [0.2, 0.25) is 0 Å². The van der Waals surface area contributed by atoms with Crippen molar-refractivity contribution in [2.24, 2.45) is 0 Å². The van der Waals surface area contributed by atoms with Crippen LogP contribution in [0.25, 0.3) is 0 Å². The summed E-state index contributed by atoms with van der Waals surface area (Å²) in [7, 11) is 0. The van der Waals surface area contributed by atoms with Gasteiger partial charge in [-0.05, 0) is 64.5 Å². The second-order valence-corrected chi connectivity index (χ2v) is 8.15. The molecule has 142 valence electrons. The lowest BCUT2D eigenvalue weighted by molar-refractivity contribution is 0.0698. The largest absolute Gasteiger partial charge is 0.349 e. The molecule has 5 heteroatoms. The van der Waals surface area contributed by atoms with Gasteiger partial charge in [0.05, 0.1) is 5.56 Å². The number of amides is 2. The number of benzene rings is 2. The van der Waals surface area contributed by atoms with Gasteiger partial charge in [-0.15, -0.1) is 0 Å². The van der Waals surface area contributed by atoms with E-state index in [1.54, 1.807) is 6.07 Å². The van der Waals surface area contributed by atoms with Crippen molar-refractivity contribution in [2.45, 2.75) is 38.6 Å². The predicted octanol–water partition coefficient (Wildman–Crippen LogP) is 4.61. The minimum atomic E-state index is -0.0727. The van der Waals surface area contributed by atoms with Crippen molar-refractivity contribution in [1.29, 1.82) is 0 Å². The van der Waals surface area contributed by atoms with Gasteiger partial charge in [0.25, 0.3) is 11.8 Å². The van der Waals surface area contributed by atoms with Crippen molar-refractivity contribution in [2.75, 3.05) is 13.1 Å². The number of nitrogens with zero attached hydrogens (tertiary/aromatic N) is 1. The first-order valence-electron chi connectivity index (χ1n) is 9.40. The molecule has 0 unspecified atom stereocenters. The van der Waals surface area contributed by atoms with Gasteiger partial charge >= 0.3 is 0 Å². The number of carbonyl (C=O) groups excluding carboxylic acids is 2. The topological polar surface area (TPSA) is 49.4 Å². The van der Waals surface area contributed by atoms with E-state index >= 15 is 0 Å². The normalized spacial score (nSPS) is 15.0. The molecule has 1 heterocycles. The summed E-state index contributed by atoms with van der Waals surface area (Å²) in [6.07, 6.45) is 1.54.